The van der Waals surface area contributed by atoms with Crippen LogP contribution in [0.2, 0.25) is 0 Å². The smallest absolute Gasteiger partial charge is 0.00183 e. The van der Waals surface area contributed by atoms with Crippen molar-refractivity contribution >= 4 is 0 Å². The molecule has 0 aromatic rings. The van der Waals surface area contributed by atoms with Crippen LogP contribution in [0.4, 0.5) is 0 Å². The summed E-state index contributed by atoms with van der Waals surface area (Å²) in [6.45, 7) is 30.2. The van der Waals surface area contributed by atoms with Crippen LogP contribution < -0.4 is 0 Å². The van der Waals surface area contributed by atoms with E-state index in [0.29, 0.717) is 16.2 Å². The summed E-state index contributed by atoms with van der Waals surface area (Å²) in [5.74, 6) is 0. The molecule has 0 spiro atoms. The van der Waals surface area contributed by atoms with Crippen LogP contribution in [-0.2, 0) is 0 Å². The quantitative estimate of drug-likeness (QED) is 0.317. The van der Waals surface area contributed by atoms with Gasteiger partial charge in [0.25, 0.3) is 0 Å². The minimum absolute atomic E-state index is 0.510. The van der Waals surface area contributed by atoms with Crippen molar-refractivity contribution in [2.24, 2.45) is 16.2 Å². The van der Waals surface area contributed by atoms with Gasteiger partial charge in [-0.15, -0.1) is 0 Å². The van der Waals surface area contributed by atoms with E-state index in [-0.39, 0.29) is 0 Å². The number of hydrogen-bond acceptors (Lipinski definition) is 3. The van der Waals surface area contributed by atoms with Crippen LogP contribution in [0.1, 0.15) is 133 Å². The van der Waals surface area contributed by atoms with Gasteiger partial charge in [-0.05, 0) is 140 Å². The van der Waals surface area contributed by atoms with Crippen molar-refractivity contribution in [3.05, 3.63) is 0 Å². The van der Waals surface area contributed by atoms with Gasteiger partial charge in [0.2, 0.25) is 0 Å². The van der Waals surface area contributed by atoms with Crippen molar-refractivity contribution in [2.45, 2.75) is 133 Å². The van der Waals surface area contributed by atoms with E-state index in [0.717, 1.165) is 0 Å². The Labute approximate surface area is 223 Å². The highest BCUT2D eigenvalue weighted by Crippen LogP contribution is 2.22. The number of rotatable bonds is 9. The molecule has 0 radical (unpaired) electrons. The number of likely N-dealkylation sites (tertiary alicyclic amines) is 2. The normalized spacial score (nSPS) is 18.2. The maximum absolute atomic E-state index is 2.63. The van der Waals surface area contributed by atoms with Crippen LogP contribution in [-0.4, -0.2) is 74.6 Å². The highest BCUT2D eigenvalue weighted by Gasteiger charge is 2.14. The Kier molecular flexibility index (Phi) is 18.1. The summed E-state index contributed by atoms with van der Waals surface area (Å²) in [6.07, 6.45) is 15.3. The largest absolute Gasteiger partial charge is 0.309 e. The molecule has 3 nitrogen and oxygen atoms in total. The minimum Gasteiger partial charge on any atom is -0.309 e. The summed E-state index contributed by atoms with van der Waals surface area (Å²) in [4.78, 5) is 7.48. The Morgan fingerprint density at radius 1 is 0.486 bits per heavy atom. The maximum Gasteiger partial charge on any atom is -0.00183 e. The molecule has 2 rings (SSSR count). The van der Waals surface area contributed by atoms with Crippen molar-refractivity contribution in [1.29, 1.82) is 0 Å². The fraction of sp³-hybridized carbons (Fsp3) is 1.00. The van der Waals surface area contributed by atoms with E-state index in [1.54, 1.807) is 0 Å². The molecule has 0 aliphatic carbocycles. The standard InChI is InChI=1S/C12H25N.C11H23N.C9H21N/c1-12(2,3)8-7-11-13-9-5-4-6-10-13;1-11(2,3)7-6-10-12-8-4-5-9-12;1-9(2,3)7-6-8-10(4)5/h4-11H2,1-3H3;4-10H2,1-3H3;6-8H2,1-5H3. The Morgan fingerprint density at radius 2 is 0.800 bits per heavy atom. The summed E-state index contributed by atoms with van der Waals surface area (Å²) in [7, 11) is 4.26. The fourth-order valence-corrected chi connectivity index (χ4v) is 4.78. The zero-order valence-electron chi connectivity index (χ0n) is 26.6. The zero-order chi connectivity index (χ0) is 27.0. The van der Waals surface area contributed by atoms with E-state index in [1.165, 1.54) is 116 Å². The van der Waals surface area contributed by atoms with Crippen molar-refractivity contribution in [2.75, 3.05) is 59.9 Å². The first-order valence-corrected chi connectivity index (χ1v) is 15.2. The maximum atomic E-state index is 2.63. The van der Waals surface area contributed by atoms with Gasteiger partial charge in [-0.25, -0.2) is 0 Å². The van der Waals surface area contributed by atoms with Crippen LogP contribution in [0.15, 0.2) is 0 Å². The van der Waals surface area contributed by atoms with E-state index in [9.17, 15) is 0 Å². The van der Waals surface area contributed by atoms with Gasteiger partial charge in [0.1, 0.15) is 0 Å². The second-order valence-electron chi connectivity index (χ2n) is 15.2. The molecule has 0 aromatic carbocycles. The van der Waals surface area contributed by atoms with Gasteiger partial charge in [-0.1, -0.05) is 68.7 Å². The average molecular weight is 496 g/mol. The SMILES string of the molecule is CC(C)(C)CCCN1CCCC1.CC(C)(C)CCCN1CCCCC1.CN(C)CCCC(C)(C)C. The van der Waals surface area contributed by atoms with Gasteiger partial charge in [-0.2, -0.15) is 0 Å². The molecule has 212 valence electrons. The highest BCUT2D eigenvalue weighted by atomic mass is 15.1. The topological polar surface area (TPSA) is 9.72 Å². The molecule has 35 heavy (non-hydrogen) atoms. The second kappa shape index (κ2) is 18.2. The van der Waals surface area contributed by atoms with Gasteiger partial charge in [0.05, 0.1) is 0 Å². The van der Waals surface area contributed by atoms with Crippen LogP contribution >= 0.6 is 0 Å². The molecule has 0 atom stereocenters. The third-order valence-electron chi connectivity index (χ3n) is 6.98. The second-order valence-corrected chi connectivity index (χ2v) is 15.2. The van der Waals surface area contributed by atoms with Crippen molar-refractivity contribution in [1.82, 2.24) is 14.7 Å². The molecule has 2 heterocycles. The first kappa shape index (κ1) is 34.9. The van der Waals surface area contributed by atoms with Gasteiger partial charge in [0, 0.05) is 0 Å². The lowest BCUT2D eigenvalue weighted by Crippen LogP contribution is -2.31. The lowest BCUT2D eigenvalue weighted by atomic mass is 9.90. The number of piperidine rings is 1. The van der Waals surface area contributed by atoms with Crippen LogP contribution in [0.5, 0.6) is 0 Å². The third-order valence-corrected chi connectivity index (χ3v) is 6.98. The minimum atomic E-state index is 0.510. The molecule has 2 saturated heterocycles. The Hall–Kier alpha value is -0.120. The van der Waals surface area contributed by atoms with Crippen molar-refractivity contribution in [3.63, 3.8) is 0 Å². The first-order valence-electron chi connectivity index (χ1n) is 15.2. The molecular weight excluding hydrogens is 426 g/mol. The van der Waals surface area contributed by atoms with E-state index in [2.05, 4.69) is 91.1 Å². The van der Waals surface area contributed by atoms with Crippen molar-refractivity contribution < 1.29 is 0 Å². The van der Waals surface area contributed by atoms with Gasteiger partial charge < -0.3 is 14.7 Å². The summed E-state index contributed by atoms with van der Waals surface area (Å²) < 4.78 is 0. The van der Waals surface area contributed by atoms with Crippen LogP contribution in [0.3, 0.4) is 0 Å². The fourth-order valence-electron chi connectivity index (χ4n) is 4.78. The summed E-state index contributed by atoms with van der Waals surface area (Å²) in [6, 6.07) is 0. The monoisotopic (exact) mass is 496 g/mol. The molecule has 0 saturated carbocycles. The zero-order valence-corrected chi connectivity index (χ0v) is 26.6. The van der Waals surface area contributed by atoms with Gasteiger partial charge in [0.15, 0.2) is 0 Å². The first-order chi connectivity index (χ1) is 16.1. The summed E-state index contributed by atoms with van der Waals surface area (Å²) in [5, 5.41) is 0. The molecule has 0 aromatic heterocycles. The molecule has 0 unspecified atom stereocenters. The molecule has 0 bridgehead atoms. The Morgan fingerprint density at radius 3 is 1.11 bits per heavy atom. The van der Waals surface area contributed by atoms with E-state index >= 15 is 0 Å². The molecular formula is C32H69N3. The van der Waals surface area contributed by atoms with Gasteiger partial charge in [-0.3, -0.25) is 0 Å². The molecule has 0 amide bonds. The average Bonchev–Trinajstić information content (AvgIpc) is 3.20. The lowest BCUT2D eigenvalue weighted by Gasteiger charge is -2.27. The molecule has 2 fully saturated rings. The molecule has 2 aliphatic rings. The van der Waals surface area contributed by atoms with Crippen LogP contribution in [0, 0.1) is 16.2 Å². The number of hydrogen-bond donors (Lipinski definition) is 0. The lowest BCUT2D eigenvalue weighted by molar-refractivity contribution is 0.212. The Bertz CT molecular complexity index is 467. The molecule has 3 heteroatoms. The highest BCUT2D eigenvalue weighted by molar-refractivity contribution is 4.69. The third kappa shape index (κ3) is 26.7. The summed E-state index contributed by atoms with van der Waals surface area (Å²) in [5.41, 5.74) is 1.56. The van der Waals surface area contributed by atoms with Crippen LogP contribution in [0.25, 0.3) is 0 Å². The summed E-state index contributed by atoms with van der Waals surface area (Å²) >= 11 is 0. The van der Waals surface area contributed by atoms with E-state index in [4.69, 9.17) is 0 Å². The Balaban J connectivity index is 0.000000501. The van der Waals surface area contributed by atoms with Gasteiger partial charge >= 0.3 is 0 Å². The molecule has 0 N–H and O–H groups in total. The van der Waals surface area contributed by atoms with Crippen molar-refractivity contribution in [3.8, 4) is 0 Å². The van der Waals surface area contributed by atoms with E-state index < -0.39 is 0 Å². The predicted molar refractivity (Wildman–Crippen MR) is 161 cm³/mol. The van der Waals surface area contributed by atoms with E-state index in [1.807, 2.05) is 0 Å². The predicted octanol–water partition coefficient (Wildman–Crippen LogP) is 8.58. The molecule has 2 aliphatic heterocycles. The number of nitrogens with zero attached hydrogens (tertiary/aromatic N) is 3.